The van der Waals surface area contributed by atoms with Gasteiger partial charge in [0.25, 0.3) is 0 Å². The summed E-state index contributed by atoms with van der Waals surface area (Å²) < 4.78 is 2.08. The molecule has 0 amide bonds. The minimum Gasteiger partial charge on any atom is -0.383 e. The summed E-state index contributed by atoms with van der Waals surface area (Å²) in [6.45, 7) is 6.74. The number of anilines is 1. The normalized spacial score (nSPS) is 11.1. The summed E-state index contributed by atoms with van der Waals surface area (Å²) in [5, 5.41) is 12.3. The van der Waals surface area contributed by atoms with Gasteiger partial charge in [0.2, 0.25) is 0 Å². The van der Waals surface area contributed by atoms with Crippen LogP contribution in [0.3, 0.4) is 0 Å². The Hall–Kier alpha value is -0.530. The molecule has 1 N–H and O–H groups in total. The number of nitrogens with one attached hydrogen (secondary N) is 1. The van der Waals surface area contributed by atoms with Crippen LogP contribution in [0.4, 0.5) is 5.69 Å². The van der Waals surface area contributed by atoms with Crippen LogP contribution in [0.15, 0.2) is 21.1 Å². The van der Waals surface area contributed by atoms with Crippen LogP contribution in [0, 0.1) is 23.7 Å². The van der Waals surface area contributed by atoms with Gasteiger partial charge in [-0.05, 0) is 76.7 Å². The number of halogens is 2. The highest BCUT2D eigenvalue weighted by atomic mass is 79.9. The van der Waals surface area contributed by atoms with Gasteiger partial charge in [0.05, 0.1) is 17.2 Å². The van der Waals surface area contributed by atoms with Gasteiger partial charge in [0.15, 0.2) is 0 Å². The number of rotatable bonds is 4. The highest BCUT2D eigenvalue weighted by Gasteiger charge is 2.16. The van der Waals surface area contributed by atoms with Gasteiger partial charge < -0.3 is 5.32 Å². The fourth-order valence-electron chi connectivity index (χ4n) is 1.42. The second kappa shape index (κ2) is 5.88. The van der Waals surface area contributed by atoms with Crippen LogP contribution in [-0.4, -0.2) is 6.54 Å². The maximum atomic E-state index is 8.94. The standard InChI is InChI=1S/C13H16Br2N2/c1-9-6-10(14)12(11(15)7-9)17-5-4-13(2,3)8-16/h6-7,17H,4-5H2,1-3H3. The van der Waals surface area contributed by atoms with Crippen molar-refractivity contribution in [2.24, 2.45) is 5.41 Å². The lowest BCUT2D eigenvalue weighted by Gasteiger charge is -2.17. The second-order valence-electron chi connectivity index (χ2n) is 4.78. The van der Waals surface area contributed by atoms with Gasteiger partial charge in [-0.1, -0.05) is 0 Å². The first-order valence-corrected chi connectivity index (χ1v) is 7.05. The highest BCUT2D eigenvalue weighted by molar-refractivity contribution is 9.11. The fourth-order valence-corrected chi connectivity index (χ4v) is 3.12. The minimum atomic E-state index is -0.281. The molecule has 0 heterocycles. The van der Waals surface area contributed by atoms with Crippen molar-refractivity contribution in [3.8, 4) is 6.07 Å². The molecule has 0 radical (unpaired) electrons. The lowest BCUT2D eigenvalue weighted by Crippen LogP contribution is -2.15. The van der Waals surface area contributed by atoms with Crippen molar-refractivity contribution in [2.45, 2.75) is 27.2 Å². The Labute approximate surface area is 120 Å². The van der Waals surface area contributed by atoms with Crippen LogP contribution in [-0.2, 0) is 0 Å². The van der Waals surface area contributed by atoms with E-state index >= 15 is 0 Å². The maximum absolute atomic E-state index is 8.94. The summed E-state index contributed by atoms with van der Waals surface area (Å²) in [6.07, 6.45) is 0.816. The zero-order chi connectivity index (χ0) is 13.1. The molecule has 92 valence electrons. The van der Waals surface area contributed by atoms with E-state index in [9.17, 15) is 0 Å². The third-order valence-corrected chi connectivity index (χ3v) is 3.79. The SMILES string of the molecule is Cc1cc(Br)c(NCCC(C)(C)C#N)c(Br)c1. The molecule has 2 nitrogen and oxygen atoms in total. The van der Waals surface area contributed by atoms with Crippen LogP contribution < -0.4 is 5.32 Å². The molecule has 0 aliphatic carbocycles. The van der Waals surface area contributed by atoms with Crippen molar-refractivity contribution in [3.05, 3.63) is 26.6 Å². The van der Waals surface area contributed by atoms with Gasteiger partial charge in [0, 0.05) is 15.5 Å². The van der Waals surface area contributed by atoms with Crippen molar-refractivity contribution < 1.29 is 0 Å². The Kier molecular flexibility index (Phi) is 5.03. The van der Waals surface area contributed by atoms with E-state index in [0.29, 0.717) is 0 Å². The van der Waals surface area contributed by atoms with Crippen LogP contribution >= 0.6 is 31.9 Å². The lowest BCUT2D eigenvalue weighted by molar-refractivity contribution is 0.466. The summed E-state index contributed by atoms with van der Waals surface area (Å²) in [5.41, 5.74) is 1.97. The molecule has 0 aliphatic heterocycles. The molecule has 0 fully saturated rings. The van der Waals surface area contributed by atoms with Gasteiger partial charge in [-0.3, -0.25) is 0 Å². The van der Waals surface area contributed by atoms with E-state index in [-0.39, 0.29) is 5.41 Å². The van der Waals surface area contributed by atoms with Crippen molar-refractivity contribution in [1.29, 1.82) is 5.26 Å². The van der Waals surface area contributed by atoms with Crippen molar-refractivity contribution in [1.82, 2.24) is 0 Å². The van der Waals surface area contributed by atoms with E-state index in [1.807, 2.05) is 13.8 Å². The first-order chi connectivity index (χ1) is 7.85. The fraction of sp³-hybridized carbons (Fsp3) is 0.462. The quantitative estimate of drug-likeness (QED) is 0.832. The molecule has 0 saturated carbocycles. The van der Waals surface area contributed by atoms with Crippen molar-refractivity contribution in [3.63, 3.8) is 0 Å². The number of nitrogens with zero attached hydrogens (tertiary/aromatic N) is 1. The minimum absolute atomic E-state index is 0.281. The average molecular weight is 360 g/mol. The summed E-state index contributed by atoms with van der Waals surface area (Å²) in [5.74, 6) is 0. The molecular formula is C13H16Br2N2. The van der Waals surface area contributed by atoms with Crippen LogP contribution in [0.25, 0.3) is 0 Å². The monoisotopic (exact) mass is 358 g/mol. The number of hydrogen-bond acceptors (Lipinski definition) is 2. The predicted molar refractivity (Wildman–Crippen MR) is 79.1 cm³/mol. The zero-order valence-electron chi connectivity index (χ0n) is 10.3. The maximum Gasteiger partial charge on any atom is 0.0684 e. The summed E-state index contributed by atoms with van der Waals surface area (Å²) >= 11 is 7.08. The van der Waals surface area contributed by atoms with Gasteiger partial charge >= 0.3 is 0 Å². The smallest absolute Gasteiger partial charge is 0.0684 e. The molecule has 1 aromatic rings. The topological polar surface area (TPSA) is 35.8 Å². The lowest BCUT2D eigenvalue weighted by atomic mass is 9.91. The average Bonchev–Trinajstić information content (AvgIpc) is 2.22. The van der Waals surface area contributed by atoms with Crippen LogP contribution in [0.5, 0.6) is 0 Å². The Morgan fingerprint density at radius 2 is 1.82 bits per heavy atom. The molecule has 0 bridgehead atoms. The first kappa shape index (κ1) is 14.5. The molecule has 4 heteroatoms. The molecule has 0 atom stereocenters. The van der Waals surface area contributed by atoms with Gasteiger partial charge in [0.1, 0.15) is 0 Å². The molecule has 0 spiro atoms. The summed E-state index contributed by atoms with van der Waals surface area (Å²) in [7, 11) is 0. The van der Waals surface area contributed by atoms with Crippen LogP contribution in [0.1, 0.15) is 25.8 Å². The molecule has 0 unspecified atom stereocenters. The van der Waals surface area contributed by atoms with E-state index in [2.05, 4.69) is 62.3 Å². The third-order valence-electron chi connectivity index (χ3n) is 2.54. The van der Waals surface area contributed by atoms with E-state index in [0.717, 1.165) is 27.6 Å². The van der Waals surface area contributed by atoms with Crippen molar-refractivity contribution >= 4 is 37.5 Å². The first-order valence-electron chi connectivity index (χ1n) is 5.46. The predicted octanol–water partition coefficient (Wildman–Crippen LogP) is 4.87. The van der Waals surface area contributed by atoms with E-state index in [4.69, 9.17) is 5.26 Å². The van der Waals surface area contributed by atoms with Gasteiger partial charge in [-0.2, -0.15) is 5.26 Å². The number of benzene rings is 1. The van der Waals surface area contributed by atoms with E-state index in [1.54, 1.807) is 0 Å². The zero-order valence-corrected chi connectivity index (χ0v) is 13.4. The molecule has 0 aromatic heterocycles. The van der Waals surface area contributed by atoms with E-state index < -0.39 is 0 Å². The molecule has 1 rings (SSSR count). The summed E-state index contributed by atoms with van der Waals surface area (Å²) in [4.78, 5) is 0. The number of nitriles is 1. The Balaban J connectivity index is 2.68. The van der Waals surface area contributed by atoms with E-state index in [1.165, 1.54) is 5.56 Å². The third kappa shape index (κ3) is 4.33. The molecule has 1 aromatic carbocycles. The highest BCUT2D eigenvalue weighted by Crippen LogP contribution is 2.32. The largest absolute Gasteiger partial charge is 0.383 e. The van der Waals surface area contributed by atoms with Crippen LogP contribution in [0.2, 0.25) is 0 Å². The van der Waals surface area contributed by atoms with Gasteiger partial charge in [-0.25, -0.2) is 0 Å². The number of aryl methyl sites for hydroxylation is 1. The Morgan fingerprint density at radius 3 is 2.29 bits per heavy atom. The second-order valence-corrected chi connectivity index (χ2v) is 6.48. The number of hydrogen-bond donors (Lipinski definition) is 1. The van der Waals surface area contributed by atoms with Gasteiger partial charge in [-0.15, -0.1) is 0 Å². The molecular weight excluding hydrogens is 344 g/mol. The molecule has 0 saturated heterocycles. The van der Waals surface area contributed by atoms with Crippen molar-refractivity contribution in [2.75, 3.05) is 11.9 Å². The Morgan fingerprint density at radius 1 is 1.29 bits per heavy atom. The summed E-state index contributed by atoms with van der Waals surface area (Å²) in [6, 6.07) is 6.45. The molecule has 0 aliphatic rings. The molecule has 17 heavy (non-hydrogen) atoms. The Bertz CT molecular complexity index is 424.